The molecule has 2 amide bonds. The van der Waals surface area contributed by atoms with Crippen molar-refractivity contribution in [3.63, 3.8) is 0 Å². The van der Waals surface area contributed by atoms with E-state index in [2.05, 4.69) is 15.5 Å². The van der Waals surface area contributed by atoms with Crippen LogP contribution in [0.1, 0.15) is 17.5 Å². The summed E-state index contributed by atoms with van der Waals surface area (Å²) in [4.78, 5) is 38.4. The van der Waals surface area contributed by atoms with Crippen molar-refractivity contribution in [2.75, 3.05) is 11.5 Å². The molecule has 1 saturated heterocycles. The van der Waals surface area contributed by atoms with Gasteiger partial charge in [-0.2, -0.15) is 0 Å². The fourth-order valence-corrected chi connectivity index (χ4v) is 5.65. The first kappa shape index (κ1) is 22.2. The fourth-order valence-electron chi connectivity index (χ4n) is 3.36. The highest BCUT2D eigenvalue weighted by Crippen LogP contribution is 2.41. The Bertz CT molecular complexity index is 1100. The number of aryl methyl sites for hydroxylation is 1. The number of hydrogen-bond donors (Lipinski definition) is 4. The summed E-state index contributed by atoms with van der Waals surface area (Å²) in [6, 6.07) is 3.94. The molecule has 3 atom stereocenters. The largest absolute Gasteiger partial charge is 0.508 e. The summed E-state index contributed by atoms with van der Waals surface area (Å²) in [5.74, 6) is -1.21. The second-order valence-corrected chi connectivity index (χ2v) is 9.13. The third-order valence-corrected chi connectivity index (χ3v) is 7.20. The number of carbonyl (C=O) groups excluding carboxylic acids is 2. The lowest BCUT2D eigenvalue weighted by Crippen LogP contribution is -2.71. The van der Waals surface area contributed by atoms with E-state index in [4.69, 9.17) is 10.2 Å². The van der Waals surface area contributed by atoms with Crippen LogP contribution in [0.3, 0.4) is 0 Å². The summed E-state index contributed by atoms with van der Waals surface area (Å²) >= 11 is 2.56. The first-order valence-corrected chi connectivity index (χ1v) is 11.5. The van der Waals surface area contributed by atoms with Gasteiger partial charge >= 0.3 is 5.97 Å². The third kappa shape index (κ3) is 4.18. The molecule has 2 aliphatic heterocycles. The number of nitrogens with two attached hydrogens (primary N) is 1. The van der Waals surface area contributed by atoms with Gasteiger partial charge in [0.05, 0.1) is 0 Å². The SMILES string of the molecule is Cc1nnc(SCC2=C(C(=O)O)N3C(=O)C(NC(=O)C(N)c4ccc(O)cc4)[C@@H]3SC2)o1. The van der Waals surface area contributed by atoms with Crippen LogP contribution in [0.15, 0.2) is 45.2 Å². The Hall–Kier alpha value is -3.03. The minimum Gasteiger partial charge on any atom is -0.508 e. The number of thioether (sulfide) groups is 2. The maximum atomic E-state index is 12.8. The minimum atomic E-state index is -1.22. The number of carboxylic acid groups (broad SMARTS) is 1. The van der Waals surface area contributed by atoms with Crippen LogP contribution in [0, 0.1) is 6.92 Å². The fraction of sp³-hybridized carbons (Fsp3) is 0.316. The van der Waals surface area contributed by atoms with E-state index in [1.54, 1.807) is 6.92 Å². The molecule has 13 heteroatoms. The number of hydrogen-bond acceptors (Lipinski definition) is 10. The number of carbonyl (C=O) groups is 3. The van der Waals surface area contributed by atoms with Crippen LogP contribution in [-0.2, 0) is 14.4 Å². The molecule has 1 fully saturated rings. The van der Waals surface area contributed by atoms with Gasteiger partial charge in [-0.05, 0) is 23.3 Å². The number of benzene rings is 1. The van der Waals surface area contributed by atoms with E-state index in [1.807, 2.05) is 0 Å². The molecule has 2 aliphatic rings. The third-order valence-electron chi connectivity index (χ3n) is 4.96. The number of aromatic nitrogens is 2. The molecule has 5 N–H and O–H groups in total. The molecule has 1 aromatic heterocycles. The quantitative estimate of drug-likeness (QED) is 0.325. The number of aliphatic carboxylic acids is 1. The average molecular weight is 478 g/mol. The summed E-state index contributed by atoms with van der Waals surface area (Å²) in [7, 11) is 0. The van der Waals surface area contributed by atoms with Gasteiger partial charge in [0, 0.05) is 18.4 Å². The Labute approximate surface area is 190 Å². The minimum absolute atomic E-state index is 0.0426. The molecule has 11 nitrogen and oxygen atoms in total. The van der Waals surface area contributed by atoms with Crippen molar-refractivity contribution >= 4 is 41.3 Å². The number of carboxylic acids is 1. The number of phenolic OH excluding ortho intramolecular Hbond substituents is 1. The summed E-state index contributed by atoms with van der Waals surface area (Å²) in [6.45, 7) is 1.65. The molecule has 32 heavy (non-hydrogen) atoms. The van der Waals surface area contributed by atoms with E-state index in [-0.39, 0.29) is 17.2 Å². The first-order chi connectivity index (χ1) is 15.3. The number of fused-ring (bicyclic) bond motifs is 1. The van der Waals surface area contributed by atoms with Crippen molar-refractivity contribution in [1.82, 2.24) is 20.4 Å². The molecule has 0 aliphatic carbocycles. The zero-order valence-electron chi connectivity index (χ0n) is 16.7. The maximum absolute atomic E-state index is 12.8. The molecule has 1 aromatic carbocycles. The smallest absolute Gasteiger partial charge is 0.352 e. The Kier molecular flexibility index (Phi) is 6.13. The van der Waals surface area contributed by atoms with Crippen molar-refractivity contribution in [1.29, 1.82) is 0 Å². The Balaban J connectivity index is 1.45. The van der Waals surface area contributed by atoms with E-state index in [0.29, 0.717) is 28.0 Å². The number of rotatable bonds is 7. The van der Waals surface area contributed by atoms with Gasteiger partial charge < -0.3 is 25.7 Å². The van der Waals surface area contributed by atoms with Gasteiger partial charge in [0.2, 0.25) is 11.8 Å². The number of aromatic hydroxyl groups is 1. The van der Waals surface area contributed by atoms with Crippen molar-refractivity contribution in [3.8, 4) is 5.75 Å². The van der Waals surface area contributed by atoms with Crippen molar-refractivity contribution < 1.29 is 29.0 Å². The molecule has 2 aromatic rings. The molecule has 0 bridgehead atoms. The predicted octanol–water partition coefficient (Wildman–Crippen LogP) is 0.614. The number of phenols is 1. The van der Waals surface area contributed by atoms with Crippen molar-refractivity contribution in [2.24, 2.45) is 5.73 Å². The number of nitrogens with one attached hydrogen (secondary N) is 1. The maximum Gasteiger partial charge on any atom is 0.352 e. The second kappa shape index (κ2) is 8.84. The molecular weight excluding hydrogens is 458 g/mol. The lowest BCUT2D eigenvalue weighted by atomic mass is 10.0. The lowest BCUT2D eigenvalue weighted by molar-refractivity contribution is -0.150. The van der Waals surface area contributed by atoms with Gasteiger partial charge in [0.15, 0.2) is 0 Å². The van der Waals surface area contributed by atoms with Gasteiger partial charge in [0.1, 0.15) is 28.9 Å². The monoisotopic (exact) mass is 477 g/mol. The van der Waals surface area contributed by atoms with Gasteiger partial charge in [-0.3, -0.25) is 14.5 Å². The van der Waals surface area contributed by atoms with Crippen LogP contribution in [0.4, 0.5) is 0 Å². The number of amides is 2. The second-order valence-electron chi connectivity index (χ2n) is 7.10. The van der Waals surface area contributed by atoms with E-state index in [9.17, 15) is 24.6 Å². The van der Waals surface area contributed by atoms with E-state index in [1.165, 1.54) is 52.7 Å². The van der Waals surface area contributed by atoms with Crippen LogP contribution in [0.5, 0.6) is 5.75 Å². The number of β-lactam (4-membered cyclic amide) rings is 1. The summed E-state index contributed by atoms with van der Waals surface area (Å²) < 4.78 is 5.29. The highest BCUT2D eigenvalue weighted by atomic mass is 32.2. The highest BCUT2D eigenvalue weighted by Gasteiger charge is 2.54. The predicted molar refractivity (Wildman–Crippen MR) is 114 cm³/mol. The molecule has 0 radical (unpaired) electrons. The van der Waals surface area contributed by atoms with Gasteiger partial charge in [-0.15, -0.1) is 22.0 Å². The van der Waals surface area contributed by atoms with Crippen molar-refractivity contribution in [2.45, 2.75) is 29.6 Å². The molecule has 168 valence electrons. The Morgan fingerprint density at radius 3 is 2.72 bits per heavy atom. The van der Waals surface area contributed by atoms with Gasteiger partial charge in [-0.25, -0.2) is 4.79 Å². The van der Waals surface area contributed by atoms with Crippen LogP contribution in [-0.4, -0.2) is 66.0 Å². The van der Waals surface area contributed by atoms with Crippen LogP contribution in [0.25, 0.3) is 0 Å². The van der Waals surface area contributed by atoms with Gasteiger partial charge in [-0.1, -0.05) is 23.9 Å². The normalized spacial score (nSPS) is 21.1. The summed E-state index contributed by atoms with van der Waals surface area (Å²) in [5.41, 5.74) is 6.91. The summed E-state index contributed by atoms with van der Waals surface area (Å²) in [5, 5.41) is 29.1. The zero-order valence-corrected chi connectivity index (χ0v) is 18.4. The van der Waals surface area contributed by atoms with Gasteiger partial charge in [0.25, 0.3) is 11.1 Å². The molecule has 2 unspecified atom stereocenters. The van der Waals surface area contributed by atoms with E-state index in [0.717, 1.165) is 0 Å². The topological polar surface area (TPSA) is 172 Å². The number of nitrogens with zero attached hydrogens (tertiary/aromatic N) is 3. The average Bonchev–Trinajstić information content (AvgIpc) is 3.20. The van der Waals surface area contributed by atoms with Crippen LogP contribution < -0.4 is 11.1 Å². The molecular formula is C19H19N5O6S2. The molecule has 4 rings (SSSR count). The Morgan fingerprint density at radius 2 is 2.09 bits per heavy atom. The Morgan fingerprint density at radius 1 is 1.38 bits per heavy atom. The van der Waals surface area contributed by atoms with E-state index >= 15 is 0 Å². The molecule has 3 heterocycles. The molecule has 0 spiro atoms. The molecule has 0 saturated carbocycles. The van der Waals surface area contributed by atoms with Crippen molar-refractivity contribution in [3.05, 3.63) is 47.0 Å². The highest BCUT2D eigenvalue weighted by molar-refractivity contribution is 8.01. The lowest BCUT2D eigenvalue weighted by Gasteiger charge is -2.49. The van der Waals surface area contributed by atoms with E-state index < -0.39 is 35.2 Å². The van der Waals surface area contributed by atoms with Crippen LogP contribution in [0.2, 0.25) is 0 Å². The standard InChI is InChI=1S/C19H19N5O6S2/c1-8-22-23-19(30-8)32-7-10-6-31-17-13(16(27)24(17)14(10)18(28)29)21-15(26)12(20)9-2-4-11(25)5-3-9/h2-5,12-13,17,25H,6-7,20H2,1H3,(H,21,26)(H,28,29)/t12?,13?,17-/m0/s1. The zero-order chi connectivity index (χ0) is 23.0. The summed E-state index contributed by atoms with van der Waals surface area (Å²) in [6.07, 6.45) is 0. The first-order valence-electron chi connectivity index (χ1n) is 9.44. The van der Waals surface area contributed by atoms with Crippen LogP contribution >= 0.6 is 23.5 Å².